The molecule has 0 spiro atoms. The Morgan fingerprint density at radius 2 is 1.92 bits per heavy atom. The van der Waals surface area contributed by atoms with Gasteiger partial charge in [0.2, 0.25) is 0 Å². The number of aliphatic hydroxyl groups is 1. The van der Waals surface area contributed by atoms with E-state index in [2.05, 4.69) is 0 Å². The first kappa shape index (κ1) is 12.1. The van der Waals surface area contributed by atoms with Gasteiger partial charge in [0.05, 0.1) is 6.61 Å². The molecule has 0 aliphatic heterocycles. The number of hydrogen-bond acceptors (Lipinski definition) is 3. The van der Waals surface area contributed by atoms with Crippen LogP contribution in [0.1, 0.15) is 13.3 Å². The van der Waals surface area contributed by atoms with E-state index in [9.17, 15) is 5.11 Å². The van der Waals surface area contributed by atoms with Gasteiger partial charge in [0.1, 0.15) is 0 Å². The summed E-state index contributed by atoms with van der Waals surface area (Å²) in [5.41, 5.74) is 0. The van der Waals surface area contributed by atoms with Gasteiger partial charge in [-0.25, -0.2) is 0 Å². The third kappa shape index (κ3) is 8.20. The Balaban J connectivity index is 3.40. The normalized spacial score (nSPS) is 14.8. The van der Waals surface area contributed by atoms with Crippen LogP contribution in [-0.4, -0.2) is 32.9 Å². The Morgan fingerprint density at radius 1 is 1.33 bits per heavy atom. The predicted molar refractivity (Wildman–Crippen MR) is 51.5 cm³/mol. The van der Waals surface area contributed by atoms with Crippen molar-refractivity contribution in [2.45, 2.75) is 39.3 Å². The zero-order chi connectivity index (χ0) is 9.61. The van der Waals surface area contributed by atoms with Gasteiger partial charge in [-0.1, -0.05) is 6.92 Å². The zero-order valence-corrected chi connectivity index (χ0v) is 9.46. The monoisotopic (exact) mass is 192 g/mol. The molecular weight excluding hydrogens is 172 g/mol. The fraction of sp³-hybridized carbons (Fsp3) is 1.00. The molecule has 0 rings (SSSR count). The average Bonchev–Trinajstić information content (AvgIpc) is 1.84. The van der Waals surface area contributed by atoms with Crippen molar-refractivity contribution in [2.75, 3.05) is 13.2 Å². The van der Waals surface area contributed by atoms with E-state index in [1.54, 1.807) is 0 Å². The third-order valence-corrected chi connectivity index (χ3v) is 2.08. The summed E-state index contributed by atoms with van der Waals surface area (Å²) >= 11 is 0. The molecule has 4 heteroatoms. The molecule has 0 amide bonds. The summed E-state index contributed by atoms with van der Waals surface area (Å²) in [6.45, 7) is 9.12. The highest BCUT2D eigenvalue weighted by Gasteiger charge is 2.19. The lowest BCUT2D eigenvalue weighted by molar-refractivity contribution is -0.0820. The SMILES string of the molecule is CCCOCC(O)O[Si](C)(C)C. The summed E-state index contributed by atoms with van der Waals surface area (Å²) in [6, 6.07) is 0. The molecule has 12 heavy (non-hydrogen) atoms. The first-order valence-electron chi connectivity index (χ1n) is 4.39. The molecule has 3 nitrogen and oxygen atoms in total. The lowest BCUT2D eigenvalue weighted by atomic mass is 10.5. The van der Waals surface area contributed by atoms with Crippen LogP contribution in [0.5, 0.6) is 0 Å². The van der Waals surface area contributed by atoms with E-state index in [4.69, 9.17) is 9.16 Å². The molecule has 0 radical (unpaired) electrons. The van der Waals surface area contributed by atoms with Crippen molar-refractivity contribution >= 4 is 8.32 Å². The van der Waals surface area contributed by atoms with Crippen LogP contribution in [0.25, 0.3) is 0 Å². The number of hydrogen-bond donors (Lipinski definition) is 1. The molecule has 0 aromatic carbocycles. The van der Waals surface area contributed by atoms with Gasteiger partial charge in [0.15, 0.2) is 14.6 Å². The molecule has 0 saturated heterocycles. The second-order valence-corrected chi connectivity index (χ2v) is 8.22. The molecule has 0 bridgehead atoms. The van der Waals surface area contributed by atoms with E-state index in [0.717, 1.165) is 6.42 Å². The average molecular weight is 192 g/mol. The number of aliphatic hydroxyl groups excluding tert-OH is 1. The van der Waals surface area contributed by atoms with E-state index in [1.165, 1.54) is 0 Å². The number of rotatable bonds is 6. The van der Waals surface area contributed by atoms with Crippen LogP contribution in [0.3, 0.4) is 0 Å². The van der Waals surface area contributed by atoms with E-state index in [0.29, 0.717) is 6.61 Å². The Hall–Kier alpha value is 0.0969. The minimum absolute atomic E-state index is 0.290. The molecule has 0 aliphatic rings. The molecule has 74 valence electrons. The highest BCUT2D eigenvalue weighted by atomic mass is 28.4. The van der Waals surface area contributed by atoms with Gasteiger partial charge in [-0.15, -0.1) is 0 Å². The van der Waals surface area contributed by atoms with Crippen LogP contribution in [0.4, 0.5) is 0 Å². The van der Waals surface area contributed by atoms with Crippen molar-refractivity contribution in [3.63, 3.8) is 0 Å². The van der Waals surface area contributed by atoms with E-state index in [-0.39, 0.29) is 6.61 Å². The molecule has 0 fully saturated rings. The van der Waals surface area contributed by atoms with Crippen molar-refractivity contribution in [3.8, 4) is 0 Å². The lowest BCUT2D eigenvalue weighted by Gasteiger charge is -2.22. The van der Waals surface area contributed by atoms with Gasteiger partial charge >= 0.3 is 0 Å². The number of ether oxygens (including phenoxy) is 1. The topological polar surface area (TPSA) is 38.7 Å². The quantitative estimate of drug-likeness (QED) is 0.394. The first-order chi connectivity index (χ1) is 5.45. The molecular formula is C8H20O3Si. The maximum absolute atomic E-state index is 9.30. The molecule has 0 heterocycles. The highest BCUT2D eigenvalue weighted by molar-refractivity contribution is 6.69. The Morgan fingerprint density at radius 3 is 2.33 bits per heavy atom. The van der Waals surface area contributed by atoms with Crippen molar-refractivity contribution in [1.29, 1.82) is 0 Å². The van der Waals surface area contributed by atoms with Crippen LogP contribution in [-0.2, 0) is 9.16 Å². The van der Waals surface area contributed by atoms with Crippen molar-refractivity contribution in [3.05, 3.63) is 0 Å². The van der Waals surface area contributed by atoms with Gasteiger partial charge in [0, 0.05) is 6.61 Å². The van der Waals surface area contributed by atoms with E-state index in [1.807, 2.05) is 26.6 Å². The van der Waals surface area contributed by atoms with Crippen LogP contribution in [0.15, 0.2) is 0 Å². The summed E-state index contributed by atoms with van der Waals surface area (Å²) in [5.74, 6) is 0. The third-order valence-electron chi connectivity index (χ3n) is 1.10. The highest BCUT2D eigenvalue weighted by Crippen LogP contribution is 2.05. The van der Waals surface area contributed by atoms with Crippen LogP contribution in [0, 0.1) is 0 Å². The molecule has 1 unspecified atom stereocenters. The lowest BCUT2D eigenvalue weighted by Crippen LogP contribution is -2.34. The molecule has 1 N–H and O–H groups in total. The van der Waals surface area contributed by atoms with Gasteiger partial charge in [-0.3, -0.25) is 0 Å². The first-order valence-corrected chi connectivity index (χ1v) is 7.80. The second kappa shape index (κ2) is 5.69. The summed E-state index contributed by atoms with van der Waals surface area (Å²) in [4.78, 5) is 0. The zero-order valence-electron chi connectivity index (χ0n) is 8.46. The summed E-state index contributed by atoms with van der Waals surface area (Å²) in [6.07, 6.45) is 0.225. The molecule has 0 aromatic rings. The largest absolute Gasteiger partial charge is 0.392 e. The van der Waals surface area contributed by atoms with E-state index >= 15 is 0 Å². The molecule has 1 atom stereocenters. The van der Waals surface area contributed by atoms with Gasteiger partial charge in [0.25, 0.3) is 0 Å². The fourth-order valence-corrected chi connectivity index (χ4v) is 1.65. The van der Waals surface area contributed by atoms with Gasteiger partial charge in [-0.05, 0) is 26.1 Å². The van der Waals surface area contributed by atoms with Crippen molar-refractivity contribution in [1.82, 2.24) is 0 Å². The van der Waals surface area contributed by atoms with Gasteiger partial charge < -0.3 is 14.3 Å². The maximum Gasteiger partial charge on any atom is 0.187 e. The minimum Gasteiger partial charge on any atom is -0.392 e. The Labute approximate surface area is 75.8 Å². The molecule has 0 aliphatic carbocycles. The standard InChI is InChI=1S/C8H20O3Si/c1-5-6-10-7-8(9)11-12(2,3)4/h8-9H,5-7H2,1-4H3. The van der Waals surface area contributed by atoms with Gasteiger partial charge in [-0.2, -0.15) is 0 Å². The molecule has 0 saturated carbocycles. The predicted octanol–water partition coefficient (Wildman–Crippen LogP) is 1.58. The Kier molecular flexibility index (Phi) is 5.74. The molecule has 0 aromatic heterocycles. The van der Waals surface area contributed by atoms with Crippen LogP contribution < -0.4 is 0 Å². The fourth-order valence-electron chi connectivity index (χ4n) is 0.771. The Bertz CT molecular complexity index is 111. The minimum atomic E-state index is -1.61. The summed E-state index contributed by atoms with van der Waals surface area (Å²) in [7, 11) is -1.61. The summed E-state index contributed by atoms with van der Waals surface area (Å²) < 4.78 is 10.5. The second-order valence-electron chi connectivity index (χ2n) is 3.76. The summed E-state index contributed by atoms with van der Waals surface area (Å²) in [5, 5.41) is 9.30. The van der Waals surface area contributed by atoms with Crippen molar-refractivity contribution < 1.29 is 14.3 Å². The maximum atomic E-state index is 9.30. The van der Waals surface area contributed by atoms with Crippen molar-refractivity contribution in [2.24, 2.45) is 0 Å². The van der Waals surface area contributed by atoms with Crippen LogP contribution in [0.2, 0.25) is 19.6 Å². The van der Waals surface area contributed by atoms with Crippen LogP contribution >= 0.6 is 0 Å². The smallest absolute Gasteiger partial charge is 0.187 e. The van der Waals surface area contributed by atoms with E-state index < -0.39 is 14.6 Å².